The van der Waals surface area contributed by atoms with Gasteiger partial charge in [0.1, 0.15) is 0 Å². The quantitative estimate of drug-likeness (QED) is 0.622. The predicted octanol–water partition coefficient (Wildman–Crippen LogP) is 5.15. The number of rotatable bonds is 5. The van der Waals surface area contributed by atoms with E-state index in [0.29, 0.717) is 6.04 Å². The van der Waals surface area contributed by atoms with E-state index < -0.39 is 0 Å². The van der Waals surface area contributed by atoms with Crippen molar-refractivity contribution >= 4 is 22.4 Å². The van der Waals surface area contributed by atoms with Crippen LogP contribution in [0.25, 0.3) is 10.8 Å². The average Bonchev–Trinajstić information content (AvgIpc) is 2.76. The van der Waals surface area contributed by atoms with E-state index >= 15 is 0 Å². The van der Waals surface area contributed by atoms with Gasteiger partial charge in [-0.15, -0.1) is 0 Å². The van der Waals surface area contributed by atoms with Crippen molar-refractivity contribution in [1.82, 2.24) is 10.2 Å². The number of likely N-dealkylation sites (tertiary alicyclic amines) is 1. The van der Waals surface area contributed by atoms with Crippen LogP contribution < -0.4 is 10.6 Å². The number of fused-ring (bicyclic) bond motifs is 1. The van der Waals surface area contributed by atoms with Crippen LogP contribution in [0.15, 0.2) is 60.7 Å². The number of nitrogens with one attached hydrogen (secondary N) is 2. The third kappa shape index (κ3) is 4.49. The van der Waals surface area contributed by atoms with Gasteiger partial charge in [0.05, 0.1) is 6.04 Å². The molecule has 2 N–H and O–H groups in total. The zero-order chi connectivity index (χ0) is 21.1. The first-order chi connectivity index (χ1) is 14.5. The van der Waals surface area contributed by atoms with Crippen molar-refractivity contribution in [1.29, 1.82) is 0 Å². The van der Waals surface area contributed by atoms with Crippen molar-refractivity contribution in [2.75, 3.05) is 25.5 Å². The van der Waals surface area contributed by atoms with E-state index in [4.69, 9.17) is 0 Å². The molecule has 1 amide bonds. The molecule has 0 unspecified atom stereocenters. The molecule has 0 aliphatic carbocycles. The summed E-state index contributed by atoms with van der Waals surface area (Å²) in [5, 5.41) is 9.21. The number of nitrogens with zero attached hydrogens (tertiary/aromatic N) is 1. The number of amides is 1. The Hall–Kier alpha value is -2.85. The molecule has 156 valence electrons. The second-order valence-corrected chi connectivity index (χ2v) is 8.52. The van der Waals surface area contributed by atoms with E-state index in [1.54, 1.807) is 0 Å². The van der Waals surface area contributed by atoms with Gasteiger partial charge < -0.3 is 15.5 Å². The normalized spacial score (nSPS) is 16.4. The topological polar surface area (TPSA) is 44.4 Å². The van der Waals surface area contributed by atoms with E-state index in [9.17, 15) is 4.79 Å². The van der Waals surface area contributed by atoms with Gasteiger partial charge in [-0.05, 0) is 80.9 Å². The number of carbonyl (C=O) groups excluding carboxylic acids is 1. The second kappa shape index (κ2) is 8.88. The number of aryl methyl sites for hydroxylation is 1. The maximum absolute atomic E-state index is 13.1. The minimum absolute atomic E-state index is 0.0278. The molecule has 1 saturated heterocycles. The van der Waals surface area contributed by atoms with Gasteiger partial charge in [-0.3, -0.25) is 4.79 Å². The van der Waals surface area contributed by atoms with E-state index in [1.165, 1.54) is 10.8 Å². The van der Waals surface area contributed by atoms with Crippen molar-refractivity contribution in [3.8, 4) is 0 Å². The fourth-order valence-corrected chi connectivity index (χ4v) is 4.33. The molecule has 30 heavy (non-hydrogen) atoms. The lowest BCUT2D eigenvalue weighted by Crippen LogP contribution is -2.36. The minimum atomic E-state index is -0.0755. The molecular weight excluding hydrogens is 370 g/mol. The summed E-state index contributed by atoms with van der Waals surface area (Å²) in [7, 11) is 2.17. The molecule has 3 aromatic rings. The van der Waals surface area contributed by atoms with Gasteiger partial charge in [0.25, 0.3) is 5.91 Å². The molecule has 0 bridgehead atoms. The molecule has 1 atom stereocenters. The van der Waals surface area contributed by atoms with Crippen LogP contribution in [0.4, 0.5) is 5.69 Å². The molecule has 1 heterocycles. The summed E-state index contributed by atoms with van der Waals surface area (Å²) in [6.07, 6.45) is 2.26. The Kier molecular flexibility index (Phi) is 6.05. The first-order valence-corrected chi connectivity index (χ1v) is 10.9. The third-order valence-corrected chi connectivity index (χ3v) is 6.21. The SMILES string of the molecule is Cc1ccc(NC2CCN(C)CC2)cc1C(=O)N[C@H](C)c1cccc2ccccc12. The second-order valence-electron chi connectivity index (χ2n) is 8.52. The smallest absolute Gasteiger partial charge is 0.252 e. The highest BCUT2D eigenvalue weighted by Gasteiger charge is 2.19. The summed E-state index contributed by atoms with van der Waals surface area (Å²) >= 11 is 0. The molecule has 4 rings (SSSR count). The highest BCUT2D eigenvalue weighted by molar-refractivity contribution is 5.97. The Labute approximate surface area is 179 Å². The van der Waals surface area contributed by atoms with Crippen LogP contribution >= 0.6 is 0 Å². The monoisotopic (exact) mass is 401 g/mol. The standard InChI is InChI=1S/C26H31N3O/c1-18-11-12-22(28-21-13-15-29(3)16-14-21)17-25(18)26(30)27-19(2)23-10-6-8-20-7-4-5-9-24(20)23/h4-12,17,19,21,28H,13-16H2,1-3H3,(H,27,30)/t19-/m1/s1. The van der Waals surface area contributed by atoms with E-state index in [0.717, 1.165) is 48.3 Å². The Morgan fingerprint density at radius 2 is 1.77 bits per heavy atom. The van der Waals surface area contributed by atoms with Crippen LogP contribution in [0.3, 0.4) is 0 Å². The van der Waals surface area contributed by atoms with Gasteiger partial charge in [0.2, 0.25) is 0 Å². The van der Waals surface area contributed by atoms with Crippen LogP contribution in [0, 0.1) is 6.92 Å². The Morgan fingerprint density at radius 3 is 2.57 bits per heavy atom. The van der Waals surface area contributed by atoms with Gasteiger partial charge >= 0.3 is 0 Å². The Morgan fingerprint density at radius 1 is 1.03 bits per heavy atom. The Bertz CT molecular complexity index is 1030. The number of anilines is 1. The van der Waals surface area contributed by atoms with Gasteiger partial charge in [-0.25, -0.2) is 0 Å². The number of carbonyl (C=O) groups is 1. The zero-order valence-electron chi connectivity index (χ0n) is 18.1. The maximum atomic E-state index is 13.1. The van der Waals surface area contributed by atoms with E-state index in [1.807, 2.05) is 31.2 Å². The Balaban J connectivity index is 1.50. The van der Waals surface area contributed by atoms with Crippen molar-refractivity contribution in [2.45, 2.75) is 38.8 Å². The van der Waals surface area contributed by atoms with Crippen molar-refractivity contribution < 1.29 is 4.79 Å². The van der Waals surface area contributed by atoms with E-state index in [2.05, 4.69) is 65.9 Å². The first kappa shape index (κ1) is 20.4. The van der Waals surface area contributed by atoms with Crippen LogP contribution in [-0.2, 0) is 0 Å². The molecule has 0 saturated carbocycles. The first-order valence-electron chi connectivity index (χ1n) is 10.9. The average molecular weight is 402 g/mol. The number of hydrogen-bond acceptors (Lipinski definition) is 3. The molecular formula is C26H31N3O. The lowest BCUT2D eigenvalue weighted by Gasteiger charge is -2.30. The molecule has 0 radical (unpaired) electrons. The number of piperidine rings is 1. The molecule has 1 aliphatic rings. The molecule has 3 aromatic carbocycles. The van der Waals surface area contributed by atoms with Gasteiger partial charge in [0, 0.05) is 17.3 Å². The van der Waals surface area contributed by atoms with Gasteiger partial charge in [-0.1, -0.05) is 48.5 Å². The van der Waals surface area contributed by atoms with Gasteiger partial charge in [0.15, 0.2) is 0 Å². The predicted molar refractivity (Wildman–Crippen MR) is 125 cm³/mol. The van der Waals surface area contributed by atoms with Gasteiger partial charge in [-0.2, -0.15) is 0 Å². The summed E-state index contributed by atoms with van der Waals surface area (Å²) in [6, 6.07) is 21.1. The summed E-state index contributed by atoms with van der Waals surface area (Å²) in [5.41, 5.74) is 3.89. The molecule has 0 spiro atoms. The lowest BCUT2D eigenvalue weighted by atomic mass is 9.99. The summed E-state index contributed by atoms with van der Waals surface area (Å²) in [5.74, 6) is -0.0278. The molecule has 0 aromatic heterocycles. The highest BCUT2D eigenvalue weighted by Crippen LogP contribution is 2.25. The molecule has 1 fully saturated rings. The third-order valence-electron chi connectivity index (χ3n) is 6.21. The van der Waals surface area contributed by atoms with Crippen LogP contribution in [0.2, 0.25) is 0 Å². The van der Waals surface area contributed by atoms with Crippen molar-refractivity contribution in [3.63, 3.8) is 0 Å². The van der Waals surface area contributed by atoms with Crippen LogP contribution in [0.5, 0.6) is 0 Å². The maximum Gasteiger partial charge on any atom is 0.252 e. The summed E-state index contributed by atoms with van der Waals surface area (Å²) in [4.78, 5) is 15.5. The number of hydrogen-bond donors (Lipinski definition) is 2. The fraction of sp³-hybridized carbons (Fsp3) is 0.346. The fourth-order valence-electron chi connectivity index (χ4n) is 4.33. The van der Waals surface area contributed by atoms with Crippen molar-refractivity contribution in [2.24, 2.45) is 0 Å². The van der Waals surface area contributed by atoms with Crippen LogP contribution in [0.1, 0.15) is 47.3 Å². The molecule has 1 aliphatic heterocycles. The highest BCUT2D eigenvalue weighted by atomic mass is 16.1. The summed E-state index contributed by atoms with van der Waals surface area (Å²) in [6.45, 7) is 6.27. The molecule has 4 nitrogen and oxygen atoms in total. The summed E-state index contributed by atoms with van der Waals surface area (Å²) < 4.78 is 0. The minimum Gasteiger partial charge on any atom is -0.382 e. The van der Waals surface area contributed by atoms with E-state index in [-0.39, 0.29) is 11.9 Å². The molecule has 4 heteroatoms. The number of benzene rings is 3. The lowest BCUT2D eigenvalue weighted by molar-refractivity contribution is 0.0939. The largest absolute Gasteiger partial charge is 0.382 e. The van der Waals surface area contributed by atoms with Crippen molar-refractivity contribution in [3.05, 3.63) is 77.4 Å². The van der Waals surface area contributed by atoms with Crippen LogP contribution in [-0.4, -0.2) is 37.0 Å². The zero-order valence-corrected chi connectivity index (χ0v) is 18.1.